The maximum Gasteiger partial charge on any atom is 0.326 e. The van der Waals surface area contributed by atoms with E-state index >= 15 is 0 Å². The maximum absolute atomic E-state index is 12.4. The molecule has 1 aliphatic rings. The van der Waals surface area contributed by atoms with Crippen molar-refractivity contribution >= 4 is 51.9 Å². The lowest BCUT2D eigenvalue weighted by molar-refractivity contribution is -0.149. The number of methoxy groups -OCH3 is 1. The van der Waals surface area contributed by atoms with Gasteiger partial charge in [-0.05, 0) is 44.0 Å². The minimum atomic E-state index is -0.683. The minimum absolute atomic E-state index is 0.225. The van der Waals surface area contributed by atoms with Crippen LogP contribution in [0.4, 0.5) is 0 Å². The summed E-state index contributed by atoms with van der Waals surface area (Å²) in [6, 6.07) is 5.78. The van der Waals surface area contributed by atoms with Crippen LogP contribution in [0.15, 0.2) is 29.3 Å². The van der Waals surface area contributed by atoms with E-state index in [2.05, 4.69) is 21.7 Å². The van der Waals surface area contributed by atoms with Gasteiger partial charge in [-0.2, -0.15) is 0 Å². The molecule has 5 nitrogen and oxygen atoms in total. The first-order valence-corrected chi connectivity index (χ1v) is 9.47. The van der Waals surface area contributed by atoms with Crippen LogP contribution in [0.3, 0.4) is 0 Å². The Morgan fingerprint density at radius 3 is 2.72 bits per heavy atom. The molecule has 0 radical (unpaired) electrons. The number of halogens is 2. The molecule has 1 aromatic carbocycles. The lowest BCUT2D eigenvalue weighted by Gasteiger charge is -2.38. The largest absolute Gasteiger partial charge is 0.468 e. The van der Waals surface area contributed by atoms with Gasteiger partial charge in [-0.3, -0.25) is 4.79 Å². The topological polar surface area (TPSA) is 54.5 Å². The van der Waals surface area contributed by atoms with E-state index in [1.807, 2.05) is 18.2 Å². The van der Waals surface area contributed by atoms with Gasteiger partial charge in [0.05, 0.1) is 12.1 Å². The van der Waals surface area contributed by atoms with E-state index in [1.165, 1.54) is 19.1 Å². The Balaban J connectivity index is 1.82. The van der Waals surface area contributed by atoms with Crippen LogP contribution in [-0.4, -0.2) is 48.6 Å². The SMILES string of the molecule is COC(=O)C1(NSc2ccc3c(Cl)cnc(Cl)c3c2)CCN(C)CC1. The summed E-state index contributed by atoms with van der Waals surface area (Å²) in [5, 5.41) is 2.61. The highest BCUT2D eigenvalue weighted by Gasteiger charge is 2.42. The average molecular weight is 400 g/mol. The van der Waals surface area contributed by atoms with Gasteiger partial charge >= 0.3 is 5.97 Å². The first-order valence-electron chi connectivity index (χ1n) is 7.90. The van der Waals surface area contributed by atoms with E-state index in [0.29, 0.717) is 23.0 Å². The third kappa shape index (κ3) is 3.88. The van der Waals surface area contributed by atoms with E-state index in [9.17, 15) is 4.79 Å². The van der Waals surface area contributed by atoms with E-state index < -0.39 is 5.54 Å². The van der Waals surface area contributed by atoms with Crippen molar-refractivity contribution in [1.82, 2.24) is 14.6 Å². The van der Waals surface area contributed by atoms with Crippen molar-refractivity contribution in [2.24, 2.45) is 0 Å². The number of ether oxygens (including phenoxy) is 1. The Morgan fingerprint density at radius 1 is 1.32 bits per heavy atom. The van der Waals surface area contributed by atoms with Gasteiger partial charge in [0.2, 0.25) is 0 Å². The molecular weight excluding hydrogens is 381 g/mol. The summed E-state index contributed by atoms with van der Waals surface area (Å²) in [5.41, 5.74) is -0.683. The molecule has 2 heterocycles. The molecule has 25 heavy (non-hydrogen) atoms. The summed E-state index contributed by atoms with van der Waals surface area (Å²) in [5.74, 6) is -0.225. The summed E-state index contributed by atoms with van der Waals surface area (Å²) in [4.78, 5) is 19.6. The second-order valence-electron chi connectivity index (χ2n) is 6.19. The summed E-state index contributed by atoms with van der Waals surface area (Å²) in [6.45, 7) is 1.68. The van der Waals surface area contributed by atoms with Crippen LogP contribution in [0.25, 0.3) is 10.8 Å². The molecule has 8 heteroatoms. The van der Waals surface area contributed by atoms with Crippen molar-refractivity contribution in [2.45, 2.75) is 23.3 Å². The fourth-order valence-corrected chi connectivity index (χ4v) is 4.25. The lowest BCUT2D eigenvalue weighted by Crippen LogP contribution is -2.56. The zero-order valence-corrected chi connectivity index (χ0v) is 16.3. The molecule has 0 aliphatic carbocycles. The van der Waals surface area contributed by atoms with E-state index in [4.69, 9.17) is 27.9 Å². The van der Waals surface area contributed by atoms with Crippen molar-refractivity contribution in [3.05, 3.63) is 34.6 Å². The van der Waals surface area contributed by atoms with Crippen LogP contribution in [-0.2, 0) is 9.53 Å². The van der Waals surface area contributed by atoms with Crippen LogP contribution < -0.4 is 4.72 Å². The quantitative estimate of drug-likeness (QED) is 0.479. The highest BCUT2D eigenvalue weighted by Crippen LogP contribution is 2.33. The lowest BCUT2D eigenvalue weighted by atomic mass is 9.89. The molecule has 1 saturated heterocycles. The predicted molar refractivity (Wildman–Crippen MR) is 102 cm³/mol. The molecule has 0 spiro atoms. The number of nitrogens with one attached hydrogen (secondary N) is 1. The number of esters is 1. The van der Waals surface area contributed by atoms with Gasteiger partial charge in [0.1, 0.15) is 10.7 Å². The predicted octanol–water partition coefficient (Wildman–Crippen LogP) is 3.78. The van der Waals surface area contributed by atoms with Gasteiger partial charge in [0.25, 0.3) is 0 Å². The number of likely N-dealkylation sites (tertiary alicyclic amines) is 1. The second kappa shape index (κ2) is 7.68. The number of benzene rings is 1. The summed E-state index contributed by atoms with van der Waals surface area (Å²) < 4.78 is 8.38. The Kier molecular flexibility index (Phi) is 5.75. The normalized spacial score (nSPS) is 17.6. The van der Waals surface area contributed by atoms with Crippen molar-refractivity contribution in [3.8, 4) is 0 Å². The first kappa shape index (κ1) is 18.7. The highest BCUT2D eigenvalue weighted by atomic mass is 35.5. The number of fused-ring (bicyclic) bond motifs is 1. The second-order valence-corrected chi connectivity index (χ2v) is 7.83. The summed E-state index contributed by atoms with van der Waals surface area (Å²) in [6.07, 6.45) is 2.94. The highest BCUT2D eigenvalue weighted by molar-refractivity contribution is 7.97. The van der Waals surface area contributed by atoms with Crippen LogP contribution in [0.1, 0.15) is 12.8 Å². The number of aromatic nitrogens is 1. The van der Waals surface area contributed by atoms with Gasteiger partial charge in [0.15, 0.2) is 0 Å². The van der Waals surface area contributed by atoms with Crippen molar-refractivity contribution in [1.29, 1.82) is 0 Å². The Bertz CT molecular complexity index is 795. The maximum atomic E-state index is 12.4. The number of rotatable bonds is 4. The van der Waals surface area contributed by atoms with Crippen molar-refractivity contribution in [3.63, 3.8) is 0 Å². The molecule has 1 aromatic heterocycles. The number of nitrogens with zero attached hydrogens (tertiary/aromatic N) is 2. The van der Waals surface area contributed by atoms with Crippen LogP contribution in [0, 0.1) is 0 Å². The van der Waals surface area contributed by atoms with Gasteiger partial charge in [-0.25, -0.2) is 9.71 Å². The van der Waals surface area contributed by atoms with Crippen LogP contribution in [0.2, 0.25) is 10.2 Å². The number of piperidine rings is 1. The molecule has 1 fully saturated rings. The monoisotopic (exact) mass is 399 g/mol. The summed E-state index contributed by atoms with van der Waals surface area (Å²) >= 11 is 13.8. The third-order valence-corrected chi connectivity index (χ3v) is 6.13. The van der Waals surface area contributed by atoms with Gasteiger partial charge in [0, 0.05) is 35.0 Å². The van der Waals surface area contributed by atoms with E-state index in [-0.39, 0.29) is 5.97 Å². The molecule has 0 atom stereocenters. The molecular formula is C17H19Cl2N3O2S. The van der Waals surface area contributed by atoms with E-state index in [1.54, 1.807) is 6.20 Å². The van der Waals surface area contributed by atoms with Gasteiger partial charge in [-0.1, -0.05) is 29.3 Å². The fourth-order valence-electron chi connectivity index (χ4n) is 2.92. The number of hydrogen-bond acceptors (Lipinski definition) is 6. The number of carbonyl (C=O) groups is 1. The number of carbonyl (C=O) groups excluding carboxylic acids is 1. The average Bonchev–Trinajstić information content (AvgIpc) is 2.64. The Hall–Kier alpha value is -1.05. The fraction of sp³-hybridized carbons (Fsp3) is 0.412. The summed E-state index contributed by atoms with van der Waals surface area (Å²) in [7, 11) is 3.48. The molecule has 134 valence electrons. The number of pyridine rings is 1. The van der Waals surface area contributed by atoms with Crippen molar-refractivity contribution < 1.29 is 9.53 Å². The zero-order chi connectivity index (χ0) is 18.0. The van der Waals surface area contributed by atoms with E-state index in [0.717, 1.165) is 28.8 Å². The first-order chi connectivity index (χ1) is 11.9. The molecule has 1 N–H and O–H groups in total. The molecule has 2 aromatic rings. The van der Waals surface area contributed by atoms with Crippen LogP contribution >= 0.6 is 35.1 Å². The molecule has 3 rings (SSSR count). The van der Waals surface area contributed by atoms with Crippen LogP contribution in [0.5, 0.6) is 0 Å². The Labute approximate surface area is 161 Å². The molecule has 1 aliphatic heterocycles. The molecule has 0 amide bonds. The molecule has 0 saturated carbocycles. The third-order valence-electron chi connectivity index (χ3n) is 4.54. The Morgan fingerprint density at radius 2 is 2.04 bits per heavy atom. The standard InChI is InChI=1S/C17H19Cl2N3O2S/c1-22-7-5-17(6-8-22,16(23)24-2)21-25-11-3-4-12-13(9-11)15(19)20-10-14(12)18/h3-4,9-10,21H,5-8H2,1-2H3. The molecule has 0 unspecified atom stereocenters. The number of hydrogen-bond donors (Lipinski definition) is 1. The van der Waals surface area contributed by atoms with Gasteiger partial charge in [-0.15, -0.1) is 0 Å². The smallest absolute Gasteiger partial charge is 0.326 e. The van der Waals surface area contributed by atoms with Crippen molar-refractivity contribution in [2.75, 3.05) is 27.2 Å². The zero-order valence-electron chi connectivity index (χ0n) is 14.0. The molecule has 0 bridgehead atoms. The van der Waals surface area contributed by atoms with Gasteiger partial charge < -0.3 is 9.64 Å². The minimum Gasteiger partial charge on any atom is -0.468 e.